The molecular formula is C31H28FN5O. The first kappa shape index (κ1) is 23.7. The summed E-state index contributed by atoms with van der Waals surface area (Å²) in [6.07, 6.45) is 2.73. The van der Waals surface area contributed by atoms with Crippen LogP contribution in [0, 0.1) is 12.7 Å². The number of urea groups is 1. The number of hydrogen-bond donors (Lipinski definition) is 1. The van der Waals surface area contributed by atoms with Gasteiger partial charge in [-0.1, -0.05) is 60.7 Å². The van der Waals surface area contributed by atoms with E-state index in [0.29, 0.717) is 13.1 Å². The SMILES string of the molecule is Cc1nn(-c2ccccc2)c2c1CN(C(=O)NCCc1ccccc1)[C@H](c1ccc(F)cc1)c1cccn1-2. The molecule has 6 nitrogen and oxygen atoms in total. The number of rotatable bonds is 5. The molecule has 0 fully saturated rings. The van der Waals surface area contributed by atoms with E-state index in [1.165, 1.54) is 12.1 Å². The van der Waals surface area contributed by atoms with Crippen LogP contribution >= 0.6 is 0 Å². The molecule has 6 rings (SSSR count). The van der Waals surface area contributed by atoms with Crippen LogP contribution in [0.15, 0.2) is 103 Å². The maximum atomic E-state index is 13.9. The average Bonchev–Trinajstić information content (AvgIpc) is 3.51. The van der Waals surface area contributed by atoms with Crippen molar-refractivity contribution in [3.8, 4) is 11.5 Å². The van der Waals surface area contributed by atoms with Gasteiger partial charge in [0.1, 0.15) is 11.6 Å². The van der Waals surface area contributed by atoms with E-state index in [1.807, 2.05) is 83.4 Å². The highest BCUT2D eigenvalue weighted by Gasteiger charge is 2.35. The normalized spacial score (nSPS) is 14.5. The van der Waals surface area contributed by atoms with Gasteiger partial charge in [-0.05, 0) is 60.9 Å². The van der Waals surface area contributed by atoms with Crippen LogP contribution in [0.4, 0.5) is 9.18 Å². The second-order valence-electron chi connectivity index (χ2n) is 9.49. The van der Waals surface area contributed by atoms with Crippen LogP contribution in [0.1, 0.15) is 34.1 Å². The second kappa shape index (κ2) is 10.0. The number of nitrogens with zero attached hydrogens (tertiary/aromatic N) is 4. The van der Waals surface area contributed by atoms with Gasteiger partial charge in [0.05, 0.1) is 29.7 Å². The number of halogens is 1. The highest BCUT2D eigenvalue weighted by Crippen LogP contribution is 2.38. The molecule has 0 bridgehead atoms. The van der Waals surface area contributed by atoms with Crippen LogP contribution in [0.3, 0.4) is 0 Å². The van der Waals surface area contributed by atoms with Gasteiger partial charge in [-0.25, -0.2) is 13.9 Å². The zero-order chi connectivity index (χ0) is 26.1. The Bertz CT molecular complexity index is 1560. The molecule has 190 valence electrons. The van der Waals surface area contributed by atoms with Gasteiger partial charge in [0.25, 0.3) is 0 Å². The van der Waals surface area contributed by atoms with Crippen LogP contribution in [0.25, 0.3) is 11.5 Å². The fourth-order valence-electron chi connectivity index (χ4n) is 5.21. The lowest BCUT2D eigenvalue weighted by Gasteiger charge is -2.31. The first-order valence-electron chi connectivity index (χ1n) is 12.8. The second-order valence-corrected chi connectivity index (χ2v) is 9.49. The van der Waals surface area contributed by atoms with E-state index >= 15 is 0 Å². The summed E-state index contributed by atoms with van der Waals surface area (Å²) in [5, 5.41) is 8.00. The van der Waals surface area contributed by atoms with Crippen LogP contribution in [-0.2, 0) is 13.0 Å². The molecule has 3 heterocycles. The standard InChI is InChI=1S/C31H28FN5O/c1-22-27-21-36(31(38)33-19-18-23-9-4-2-5-10-23)29(24-14-16-25(32)17-15-24)28-13-8-20-35(28)30(27)37(34-22)26-11-6-3-7-12-26/h2-17,20,29H,18-19,21H2,1H3,(H,33,38)/t29-/m1/s1. The van der Waals surface area contributed by atoms with Crippen molar-refractivity contribution in [3.05, 3.63) is 137 Å². The minimum atomic E-state index is -0.418. The summed E-state index contributed by atoms with van der Waals surface area (Å²) in [5.41, 5.74) is 5.67. The summed E-state index contributed by atoms with van der Waals surface area (Å²) in [5.74, 6) is 0.593. The molecule has 0 saturated carbocycles. The Hall–Kier alpha value is -4.65. The largest absolute Gasteiger partial charge is 0.338 e. The maximum Gasteiger partial charge on any atom is 0.318 e. The molecule has 1 atom stereocenters. The monoisotopic (exact) mass is 505 g/mol. The van der Waals surface area contributed by atoms with Crippen LogP contribution in [0.2, 0.25) is 0 Å². The van der Waals surface area contributed by atoms with Crippen molar-refractivity contribution >= 4 is 6.03 Å². The smallest absolute Gasteiger partial charge is 0.318 e. The number of amides is 2. The van der Waals surface area contributed by atoms with Gasteiger partial charge in [0.2, 0.25) is 0 Å². The lowest BCUT2D eigenvalue weighted by atomic mass is 10.0. The Morgan fingerprint density at radius 1 is 0.947 bits per heavy atom. The number of fused-ring (bicyclic) bond motifs is 3. The number of nitrogens with one attached hydrogen (secondary N) is 1. The summed E-state index contributed by atoms with van der Waals surface area (Å²) < 4.78 is 17.9. The molecule has 1 aliphatic rings. The molecule has 3 aromatic carbocycles. The predicted molar refractivity (Wildman–Crippen MR) is 145 cm³/mol. The molecule has 0 spiro atoms. The third-order valence-electron chi connectivity index (χ3n) is 7.07. The third kappa shape index (κ3) is 4.36. The Morgan fingerprint density at radius 2 is 1.66 bits per heavy atom. The fraction of sp³-hybridized carbons (Fsp3) is 0.161. The summed E-state index contributed by atoms with van der Waals surface area (Å²) in [6, 6.07) is 29.9. The first-order chi connectivity index (χ1) is 18.6. The van der Waals surface area contributed by atoms with Crippen LogP contribution in [-0.4, -0.2) is 31.8 Å². The molecule has 7 heteroatoms. The van der Waals surface area contributed by atoms with Crippen molar-refractivity contribution in [3.63, 3.8) is 0 Å². The van der Waals surface area contributed by atoms with E-state index in [1.54, 1.807) is 12.1 Å². The number of para-hydroxylation sites is 1. The van der Waals surface area contributed by atoms with Gasteiger partial charge in [-0.15, -0.1) is 0 Å². The van der Waals surface area contributed by atoms with Crippen molar-refractivity contribution in [1.82, 2.24) is 24.6 Å². The summed E-state index contributed by atoms with van der Waals surface area (Å²) >= 11 is 0. The maximum absolute atomic E-state index is 13.9. The van der Waals surface area contributed by atoms with Gasteiger partial charge in [0, 0.05) is 18.3 Å². The number of carbonyl (C=O) groups is 1. The van der Waals surface area contributed by atoms with Crippen molar-refractivity contribution < 1.29 is 9.18 Å². The molecule has 38 heavy (non-hydrogen) atoms. The Labute approximate surface area is 221 Å². The molecular weight excluding hydrogens is 477 g/mol. The fourth-order valence-corrected chi connectivity index (χ4v) is 5.21. The molecule has 2 amide bonds. The topological polar surface area (TPSA) is 55.1 Å². The van der Waals surface area contributed by atoms with Gasteiger partial charge in [-0.2, -0.15) is 5.10 Å². The highest BCUT2D eigenvalue weighted by molar-refractivity contribution is 5.76. The van der Waals surface area contributed by atoms with Crippen LogP contribution in [0.5, 0.6) is 0 Å². The van der Waals surface area contributed by atoms with E-state index in [2.05, 4.69) is 22.0 Å². The zero-order valence-electron chi connectivity index (χ0n) is 21.1. The van der Waals surface area contributed by atoms with Gasteiger partial charge >= 0.3 is 6.03 Å². The van der Waals surface area contributed by atoms with E-state index < -0.39 is 6.04 Å². The summed E-state index contributed by atoms with van der Waals surface area (Å²) in [4.78, 5) is 15.7. The Morgan fingerprint density at radius 3 is 2.39 bits per heavy atom. The molecule has 0 aliphatic carbocycles. The lowest BCUT2D eigenvalue weighted by molar-refractivity contribution is 0.180. The van der Waals surface area contributed by atoms with Gasteiger partial charge < -0.3 is 14.8 Å². The number of benzene rings is 3. The molecule has 1 N–H and O–H groups in total. The van der Waals surface area contributed by atoms with Gasteiger partial charge in [-0.3, -0.25) is 0 Å². The first-order valence-corrected chi connectivity index (χ1v) is 12.8. The number of aryl methyl sites for hydroxylation is 1. The minimum absolute atomic E-state index is 0.178. The van der Waals surface area contributed by atoms with E-state index in [4.69, 9.17) is 5.10 Å². The van der Waals surface area contributed by atoms with Gasteiger partial charge in [0.15, 0.2) is 0 Å². The van der Waals surface area contributed by atoms with E-state index in [0.717, 1.165) is 46.0 Å². The number of carbonyl (C=O) groups excluding carboxylic acids is 1. The number of hydrogen-bond acceptors (Lipinski definition) is 2. The molecule has 1 aliphatic heterocycles. The lowest BCUT2D eigenvalue weighted by Crippen LogP contribution is -2.42. The zero-order valence-corrected chi connectivity index (χ0v) is 21.1. The van der Waals surface area contributed by atoms with Crippen molar-refractivity contribution in [2.45, 2.75) is 25.9 Å². The summed E-state index contributed by atoms with van der Waals surface area (Å²) in [6.45, 7) is 2.84. The summed E-state index contributed by atoms with van der Waals surface area (Å²) in [7, 11) is 0. The van der Waals surface area contributed by atoms with E-state index in [-0.39, 0.29) is 11.8 Å². The number of aromatic nitrogens is 3. The van der Waals surface area contributed by atoms with Crippen molar-refractivity contribution in [1.29, 1.82) is 0 Å². The predicted octanol–water partition coefficient (Wildman–Crippen LogP) is 5.97. The third-order valence-corrected chi connectivity index (χ3v) is 7.07. The van der Waals surface area contributed by atoms with Crippen molar-refractivity contribution in [2.75, 3.05) is 6.54 Å². The average molecular weight is 506 g/mol. The molecule has 0 radical (unpaired) electrons. The molecule has 2 aromatic heterocycles. The Balaban J connectivity index is 1.43. The van der Waals surface area contributed by atoms with Crippen molar-refractivity contribution in [2.24, 2.45) is 0 Å². The van der Waals surface area contributed by atoms with E-state index in [9.17, 15) is 9.18 Å². The molecule has 5 aromatic rings. The highest BCUT2D eigenvalue weighted by atomic mass is 19.1. The molecule has 0 saturated heterocycles. The molecule has 0 unspecified atom stereocenters. The minimum Gasteiger partial charge on any atom is -0.338 e. The van der Waals surface area contributed by atoms with Crippen LogP contribution < -0.4 is 5.32 Å². The Kier molecular flexibility index (Phi) is 6.25. The quantitative estimate of drug-likeness (QED) is 0.320.